The Morgan fingerprint density at radius 3 is 2.07 bits per heavy atom. The van der Waals surface area contributed by atoms with Crippen LogP contribution in [0.2, 0.25) is 0 Å². The van der Waals surface area contributed by atoms with Gasteiger partial charge in [-0.15, -0.1) is 0 Å². The molecule has 0 amide bonds. The number of nitrogens with two attached hydrogens (primary N) is 1. The van der Waals surface area contributed by atoms with Crippen LogP contribution < -0.4 is 10.6 Å². The van der Waals surface area contributed by atoms with Crippen LogP contribution in [0.5, 0.6) is 0 Å². The third kappa shape index (κ3) is 2.72. The molecule has 0 radical (unpaired) electrons. The van der Waals surface area contributed by atoms with Crippen LogP contribution in [0.1, 0.15) is 23.6 Å². The molecule has 2 N–H and O–H groups in total. The number of aryl methyl sites for hydroxylation is 3. The minimum atomic E-state index is 0.709. The zero-order chi connectivity index (χ0) is 11.4. The van der Waals surface area contributed by atoms with E-state index in [2.05, 4.69) is 44.7 Å². The van der Waals surface area contributed by atoms with Crippen molar-refractivity contribution in [2.45, 2.75) is 27.7 Å². The molecule has 0 atom stereocenters. The van der Waals surface area contributed by atoms with Crippen molar-refractivity contribution in [3.8, 4) is 0 Å². The Bertz CT molecular complexity index is 308. The maximum Gasteiger partial charge on any atom is 0.0426 e. The highest BCUT2D eigenvalue weighted by molar-refractivity contribution is 5.60. The number of rotatable bonds is 4. The van der Waals surface area contributed by atoms with Crippen LogP contribution in [0, 0.1) is 20.8 Å². The van der Waals surface area contributed by atoms with Crippen molar-refractivity contribution in [3.05, 3.63) is 28.8 Å². The molecule has 0 heterocycles. The van der Waals surface area contributed by atoms with Crippen LogP contribution >= 0.6 is 0 Å². The highest BCUT2D eigenvalue weighted by Gasteiger charge is 2.09. The summed E-state index contributed by atoms with van der Waals surface area (Å²) >= 11 is 0. The first-order valence-electron chi connectivity index (χ1n) is 5.63. The fourth-order valence-corrected chi connectivity index (χ4v) is 2.26. The Labute approximate surface area is 93.1 Å². The first-order chi connectivity index (χ1) is 7.10. The number of nitrogens with zero attached hydrogens (tertiary/aromatic N) is 1. The van der Waals surface area contributed by atoms with Gasteiger partial charge in [-0.25, -0.2) is 0 Å². The number of hydrogen-bond acceptors (Lipinski definition) is 2. The Morgan fingerprint density at radius 2 is 1.67 bits per heavy atom. The number of anilines is 1. The third-order valence-electron chi connectivity index (χ3n) is 2.73. The molecule has 0 bridgehead atoms. The Morgan fingerprint density at radius 1 is 1.13 bits per heavy atom. The second-order valence-electron chi connectivity index (χ2n) is 4.12. The molecule has 1 aromatic rings. The smallest absolute Gasteiger partial charge is 0.0426 e. The van der Waals surface area contributed by atoms with Gasteiger partial charge in [-0.3, -0.25) is 0 Å². The molecule has 84 valence electrons. The Kier molecular flexibility index (Phi) is 4.15. The summed E-state index contributed by atoms with van der Waals surface area (Å²) in [5.74, 6) is 0. The average molecular weight is 206 g/mol. The van der Waals surface area contributed by atoms with Gasteiger partial charge >= 0.3 is 0 Å². The van der Waals surface area contributed by atoms with E-state index in [1.165, 1.54) is 22.4 Å². The Balaban J connectivity index is 3.11. The highest BCUT2D eigenvalue weighted by Crippen LogP contribution is 2.25. The van der Waals surface area contributed by atoms with Gasteiger partial charge in [0.05, 0.1) is 0 Å². The summed E-state index contributed by atoms with van der Waals surface area (Å²) < 4.78 is 0. The van der Waals surface area contributed by atoms with E-state index < -0.39 is 0 Å². The largest absolute Gasteiger partial charge is 0.370 e. The van der Waals surface area contributed by atoms with Crippen molar-refractivity contribution >= 4 is 5.69 Å². The Hall–Kier alpha value is -1.02. The van der Waals surface area contributed by atoms with Crippen molar-refractivity contribution in [2.75, 3.05) is 24.5 Å². The molecule has 2 nitrogen and oxygen atoms in total. The zero-order valence-electron chi connectivity index (χ0n) is 10.3. The van der Waals surface area contributed by atoms with Gasteiger partial charge in [-0.05, 0) is 38.8 Å². The molecule has 0 aromatic heterocycles. The highest BCUT2D eigenvalue weighted by atomic mass is 15.1. The van der Waals surface area contributed by atoms with E-state index in [9.17, 15) is 0 Å². The molecule has 0 spiro atoms. The maximum absolute atomic E-state index is 5.63. The van der Waals surface area contributed by atoms with E-state index in [0.29, 0.717) is 6.54 Å². The molecule has 0 saturated heterocycles. The molecule has 0 fully saturated rings. The van der Waals surface area contributed by atoms with Gasteiger partial charge in [0.25, 0.3) is 0 Å². The van der Waals surface area contributed by atoms with Crippen LogP contribution in [-0.4, -0.2) is 19.6 Å². The molecule has 0 unspecified atom stereocenters. The van der Waals surface area contributed by atoms with Gasteiger partial charge < -0.3 is 10.6 Å². The maximum atomic E-state index is 5.63. The zero-order valence-corrected chi connectivity index (χ0v) is 10.3. The fraction of sp³-hybridized carbons (Fsp3) is 0.538. The minimum Gasteiger partial charge on any atom is -0.370 e. The number of benzene rings is 1. The second kappa shape index (κ2) is 5.17. The van der Waals surface area contributed by atoms with E-state index in [-0.39, 0.29) is 0 Å². The summed E-state index contributed by atoms with van der Waals surface area (Å²) in [7, 11) is 0. The molecule has 15 heavy (non-hydrogen) atoms. The van der Waals surface area contributed by atoms with Crippen molar-refractivity contribution < 1.29 is 0 Å². The van der Waals surface area contributed by atoms with Gasteiger partial charge in [-0.1, -0.05) is 17.7 Å². The van der Waals surface area contributed by atoms with E-state index in [1.807, 2.05) is 0 Å². The van der Waals surface area contributed by atoms with Gasteiger partial charge in [0, 0.05) is 25.3 Å². The predicted octanol–water partition coefficient (Wildman–Crippen LogP) is 2.40. The summed E-state index contributed by atoms with van der Waals surface area (Å²) in [6.07, 6.45) is 0. The van der Waals surface area contributed by atoms with Crippen LogP contribution in [-0.2, 0) is 0 Å². The fourth-order valence-electron chi connectivity index (χ4n) is 2.26. The second-order valence-corrected chi connectivity index (χ2v) is 4.12. The molecule has 0 aliphatic carbocycles. The average Bonchev–Trinajstić information content (AvgIpc) is 2.14. The van der Waals surface area contributed by atoms with Crippen LogP contribution in [0.4, 0.5) is 5.69 Å². The molecular formula is C13H22N2. The lowest BCUT2D eigenvalue weighted by atomic mass is 10.0. The van der Waals surface area contributed by atoms with E-state index in [0.717, 1.165) is 13.1 Å². The summed E-state index contributed by atoms with van der Waals surface area (Å²) in [4.78, 5) is 2.35. The van der Waals surface area contributed by atoms with Crippen molar-refractivity contribution in [1.82, 2.24) is 0 Å². The van der Waals surface area contributed by atoms with Crippen LogP contribution in [0.25, 0.3) is 0 Å². The topological polar surface area (TPSA) is 29.3 Å². The molecule has 0 aliphatic heterocycles. The summed E-state index contributed by atoms with van der Waals surface area (Å²) in [5, 5.41) is 0. The SMILES string of the molecule is CCN(CCN)c1c(C)cc(C)cc1C. The molecule has 0 aliphatic rings. The number of likely N-dealkylation sites (N-methyl/N-ethyl adjacent to an activating group) is 1. The van der Waals surface area contributed by atoms with Gasteiger partial charge in [-0.2, -0.15) is 0 Å². The lowest BCUT2D eigenvalue weighted by Gasteiger charge is -2.26. The summed E-state index contributed by atoms with van der Waals surface area (Å²) in [6, 6.07) is 4.48. The first-order valence-corrected chi connectivity index (χ1v) is 5.63. The van der Waals surface area contributed by atoms with Crippen molar-refractivity contribution in [3.63, 3.8) is 0 Å². The lowest BCUT2D eigenvalue weighted by Crippen LogP contribution is -2.30. The van der Waals surface area contributed by atoms with Crippen LogP contribution in [0.3, 0.4) is 0 Å². The van der Waals surface area contributed by atoms with Crippen molar-refractivity contribution in [1.29, 1.82) is 0 Å². The van der Waals surface area contributed by atoms with Gasteiger partial charge in [0.1, 0.15) is 0 Å². The van der Waals surface area contributed by atoms with E-state index >= 15 is 0 Å². The van der Waals surface area contributed by atoms with Crippen molar-refractivity contribution in [2.24, 2.45) is 5.73 Å². The van der Waals surface area contributed by atoms with Gasteiger partial charge in [0.2, 0.25) is 0 Å². The minimum absolute atomic E-state index is 0.709. The summed E-state index contributed by atoms with van der Waals surface area (Å²) in [6.45, 7) is 11.3. The first kappa shape index (κ1) is 12.1. The lowest BCUT2D eigenvalue weighted by molar-refractivity contribution is 0.810. The molecule has 1 rings (SSSR count). The van der Waals surface area contributed by atoms with Crippen LogP contribution in [0.15, 0.2) is 12.1 Å². The molecule has 0 saturated carbocycles. The molecule has 2 heteroatoms. The third-order valence-corrected chi connectivity index (χ3v) is 2.73. The quantitative estimate of drug-likeness (QED) is 0.819. The molecular weight excluding hydrogens is 184 g/mol. The predicted molar refractivity (Wildman–Crippen MR) is 67.6 cm³/mol. The van der Waals surface area contributed by atoms with E-state index in [4.69, 9.17) is 5.73 Å². The van der Waals surface area contributed by atoms with Gasteiger partial charge in [0.15, 0.2) is 0 Å². The monoisotopic (exact) mass is 206 g/mol. The normalized spacial score (nSPS) is 10.5. The molecule has 1 aromatic carbocycles. The standard InChI is InChI=1S/C13H22N2/c1-5-15(7-6-14)13-11(3)8-10(2)9-12(13)4/h8-9H,5-7,14H2,1-4H3. The summed E-state index contributed by atoms with van der Waals surface area (Å²) in [5.41, 5.74) is 11.0. The van der Waals surface area contributed by atoms with E-state index in [1.54, 1.807) is 0 Å². The number of hydrogen-bond donors (Lipinski definition) is 1.